The Labute approximate surface area is 97.1 Å². The van der Waals surface area contributed by atoms with Gasteiger partial charge in [-0.05, 0) is 6.07 Å². The largest absolute Gasteiger partial charge is 0.481 e. The number of aliphatic hydroxyl groups excluding tert-OH is 1. The molecule has 92 valence electrons. The molecular weight excluding hydrogens is 228 g/mol. The number of carboxylic acids is 1. The summed E-state index contributed by atoms with van der Waals surface area (Å²) in [6, 6.07) is 1.59. The van der Waals surface area contributed by atoms with E-state index in [0.29, 0.717) is 5.88 Å². The van der Waals surface area contributed by atoms with Crippen molar-refractivity contribution in [2.24, 2.45) is 0 Å². The summed E-state index contributed by atoms with van der Waals surface area (Å²) in [5, 5.41) is 19.5. The highest BCUT2D eigenvalue weighted by Crippen LogP contribution is 2.06. The lowest BCUT2D eigenvalue weighted by Crippen LogP contribution is -2.43. The molecule has 0 aliphatic rings. The highest BCUT2D eigenvalue weighted by molar-refractivity contribution is 5.96. The van der Waals surface area contributed by atoms with Gasteiger partial charge in [-0.15, -0.1) is 0 Å². The van der Waals surface area contributed by atoms with Gasteiger partial charge in [-0.2, -0.15) is 0 Å². The number of amides is 1. The van der Waals surface area contributed by atoms with E-state index in [1.54, 1.807) is 0 Å². The van der Waals surface area contributed by atoms with Crippen molar-refractivity contribution in [2.45, 2.75) is 6.04 Å². The molecule has 1 atom stereocenters. The van der Waals surface area contributed by atoms with E-state index in [0.717, 1.165) is 0 Å². The van der Waals surface area contributed by atoms with Crippen molar-refractivity contribution in [1.29, 1.82) is 0 Å². The van der Waals surface area contributed by atoms with Gasteiger partial charge >= 0.3 is 5.97 Å². The van der Waals surface area contributed by atoms with E-state index in [1.165, 1.54) is 25.4 Å². The van der Waals surface area contributed by atoms with Crippen LogP contribution in [0.5, 0.6) is 5.88 Å². The van der Waals surface area contributed by atoms with Crippen LogP contribution >= 0.6 is 0 Å². The number of carboxylic acid groups (broad SMARTS) is 1. The molecular formula is C10H12N2O5. The maximum atomic E-state index is 11.6. The summed E-state index contributed by atoms with van der Waals surface area (Å²) < 4.78 is 4.81. The molecule has 1 aromatic rings. The van der Waals surface area contributed by atoms with Gasteiger partial charge in [0, 0.05) is 12.3 Å². The lowest BCUT2D eigenvalue weighted by atomic mass is 10.2. The first-order valence-electron chi connectivity index (χ1n) is 4.73. The SMILES string of the molecule is COc1ccc(C(=O)N[C@@H](CO)C(=O)O)cn1. The maximum Gasteiger partial charge on any atom is 0.328 e. The van der Waals surface area contributed by atoms with Crippen LogP contribution in [-0.2, 0) is 4.79 Å². The molecule has 1 amide bonds. The van der Waals surface area contributed by atoms with Gasteiger partial charge in [-0.25, -0.2) is 9.78 Å². The Morgan fingerprint density at radius 3 is 2.65 bits per heavy atom. The standard InChI is InChI=1S/C10H12N2O5/c1-17-8-3-2-6(4-11-8)9(14)12-7(5-13)10(15)16/h2-4,7,13H,5H2,1H3,(H,12,14)(H,15,16)/t7-/m0/s1. The number of nitrogens with zero attached hydrogens (tertiary/aromatic N) is 1. The minimum atomic E-state index is -1.33. The van der Waals surface area contributed by atoms with Gasteiger partial charge < -0.3 is 20.3 Å². The summed E-state index contributed by atoms with van der Waals surface area (Å²) in [7, 11) is 1.44. The van der Waals surface area contributed by atoms with Gasteiger partial charge in [0.15, 0.2) is 6.04 Å². The molecule has 1 rings (SSSR count). The lowest BCUT2D eigenvalue weighted by molar-refractivity contribution is -0.140. The molecule has 0 saturated carbocycles. The fourth-order valence-electron chi connectivity index (χ4n) is 1.06. The third-order valence-corrected chi connectivity index (χ3v) is 1.99. The second-order valence-electron chi connectivity index (χ2n) is 3.14. The van der Waals surface area contributed by atoms with E-state index < -0.39 is 24.5 Å². The Morgan fingerprint density at radius 1 is 1.53 bits per heavy atom. The Morgan fingerprint density at radius 2 is 2.24 bits per heavy atom. The highest BCUT2D eigenvalue weighted by atomic mass is 16.5. The van der Waals surface area contributed by atoms with E-state index in [1.807, 2.05) is 0 Å². The fourth-order valence-corrected chi connectivity index (χ4v) is 1.06. The zero-order valence-corrected chi connectivity index (χ0v) is 9.08. The summed E-state index contributed by atoms with van der Waals surface area (Å²) in [4.78, 5) is 25.9. The Bertz CT molecular complexity index is 404. The average Bonchev–Trinajstić information content (AvgIpc) is 2.35. The van der Waals surface area contributed by atoms with Gasteiger partial charge in [0.2, 0.25) is 5.88 Å². The number of carbonyl (C=O) groups is 2. The molecule has 0 fully saturated rings. The molecule has 0 spiro atoms. The number of aliphatic carboxylic acids is 1. The molecule has 0 aromatic carbocycles. The molecule has 0 radical (unpaired) electrons. The summed E-state index contributed by atoms with van der Waals surface area (Å²) in [5.41, 5.74) is 0.186. The second kappa shape index (κ2) is 5.80. The van der Waals surface area contributed by atoms with Crippen LogP contribution in [0.4, 0.5) is 0 Å². The zero-order valence-electron chi connectivity index (χ0n) is 9.08. The van der Waals surface area contributed by atoms with Gasteiger partial charge in [0.25, 0.3) is 5.91 Å². The minimum absolute atomic E-state index is 0.186. The normalized spacial score (nSPS) is 11.6. The van der Waals surface area contributed by atoms with E-state index in [-0.39, 0.29) is 5.56 Å². The van der Waals surface area contributed by atoms with Gasteiger partial charge in [-0.1, -0.05) is 0 Å². The predicted octanol–water partition coefficient (Wildman–Crippen LogP) is -0.735. The number of methoxy groups -OCH3 is 1. The van der Waals surface area contributed by atoms with Crippen LogP contribution in [0.25, 0.3) is 0 Å². The number of hydrogen-bond acceptors (Lipinski definition) is 5. The van der Waals surface area contributed by atoms with E-state index in [4.69, 9.17) is 14.9 Å². The molecule has 1 aromatic heterocycles. The molecule has 0 aliphatic heterocycles. The van der Waals surface area contributed by atoms with E-state index >= 15 is 0 Å². The van der Waals surface area contributed by atoms with Crippen LogP contribution in [0.1, 0.15) is 10.4 Å². The first-order chi connectivity index (χ1) is 8.08. The molecule has 0 aliphatic carbocycles. The summed E-state index contributed by atoms with van der Waals surface area (Å²) >= 11 is 0. The van der Waals surface area contributed by atoms with Crippen LogP contribution in [0, 0.1) is 0 Å². The Hall–Kier alpha value is -2.15. The van der Waals surface area contributed by atoms with Crippen molar-refractivity contribution < 1.29 is 24.5 Å². The zero-order chi connectivity index (χ0) is 12.8. The van der Waals surface area contributed by atoms with E-state index in [2.05, 4.69) is 10.3 Å². The fraction of sp³-hybridized carbons (Fsp3) is 0.300. The van der Waals surface area contributed by atoms with Gasteiger partial charge in [-0.3, -0.25) is 4.79 Å². The smallest absolute Gasteiger partial charge is 0.328 e. The van der Waals surface area contributed by atoms with E-state index in [9.17, 15) is 9.59 Å². The van der Waals surface area contributed by atoms with Crippen molar-refractivity contribution in [3.63, 3.8) is 0 Å². The Balaban J connectivity index is 2.72. The number of nitrogens with one attached hydrogen (secondary N) is 1. The number of carbonyl (C=O) groups excluding carboxylic acids is 1. The highest BCUT2D eigenvalue weighted by Gasteiger charge is 2.19. The average molecular weight is 240 g/mol. The molecule has 17 heavy (non-hydrogen) atoms. The topological polar surface area (TPSA) is 109 Å². The summed E-state index contributed by atoms with van der Waals surface area (Å²) in [6.45, 7) is -0.676. The minimum Gasteiger partial charge on any atom is -0.481 e. The van der Waals surface area contributed by atoms with Crippen LogP contribution in [0.15, 0.2) is 18.3 Å². The van der Waals surface area contributed by atoms with Crippen LogP contribution < -0.4 is 10.1 Å². The third kappa shape index (κ3) is 3.42. The van der Waals surface area contributed by atoms with Crippen molar-refractivity contribution >= 4 is 11.9 Å². The van der Waals surface area contributed by atoms with Crippen LogP contribution in [-0.4, -0.2) is 46.8 Å². The number of hydrogen-bond donors (Lipinski definition) is 3. The quantitative estimate of drug-likeness (QED) is 0.625. The van der Waals surface area contributed by atoms with Crippen molar-refractivity contribution in [1.82, 2.24) is 10.3 Å². The number of pyridine rings is 1. The number of aromatic nitrogens is 1. The summed E-state index contributed by atoms with van der Waals surface area (Å²) in [5.74, 6) is -1.58. The van der Waals surface area contributed by atoms with Crippen molar-refractivity contribution in [3.05, 3.63) is 23.9 Å². The number of rotatable bonds is 5. The molecule has 0 bridgehead atoms. The molecule has 7 heteroatoms. The van der Waals surface area contributed by atoms with Crippen LogP contribution in [0.2, 0.25) is 0 Å². The maximum absolute atomic E-state index is 11.6. The predicted molar refractivity (Wildman–Crippen MR) is 56.8 cm³/mol. The van der Waals surface area contributed by atoms with Gasteiger partial charge in [0.1, 0.15) is 0 Å². The molecule has 1 heterocycles. The molecule has 0 saturated heterocycles. The Kier molecular flexibility index (Phi) is 4.41. The lowest BCUT2D eigenvalue weighted by Gasteiger charge is -2.11. The second-order valence-corrected chi connectivity index (χ2v) is 3.14. The molecule has 3 N–H and O–H groups in total. The monoisotopic (exact) mass is 240 g/mol. The molecule has 0 unspecified atom stereocenters. The first kappa shape index (κ1) is 12.9. The summed E-state index contributed by atoms with van der Waals surface area (Å²) in [6.07, 6.45) is 1.25. The number of aliphatic hydroxyl groups is 1. The number of ether oxygens (including phenoxy) is 1. The van der Waals surface area contributed by atoms with Crippen molar-refractivity contribution in [2.75, 3.05) is 13.7 Å². The van der Waals surface area contributed by atoms with Crippen molar-refractivity contribution in [3.8, 4) is 5.88 Å². The van der Waals surface area contributed by atoms with Gasteiger partial charge in [0.05, 0.1) is 19.3 Å². The first-order valence-corrected chi connectivity index (χ1v) is 4.73. The van der Waals surface area contributed by atoms with Crippen LogP contribution in [0.3, 0.4) is 0 Å². The molecule has 7 nitrogen and oxygen atoms in total. The third-order valence-electron chi connectivity index (χ3n) is 1.99.